The van der Waals surface area contributed by atoms with Crippen molar-refractivity contribution >= 4 is 16.5 Å². The van der Waals surface area contributed by atoms with E-state index in [4.69, 9.17) is 4.42 Å². The van der Waals surface area contributed by atoms with Gasteiger partial charge in [-0.05, 0) is 37.5 Å². The van der Waals surface area contributed by atoms with Gasteiger partial charge >= 0.3 is 0 Å². The number of nitrogens with zero attached hydrogens (tertiary/aromatic N) is 3. The Morgan fingerprint density at radius 3 is 2.91 bits per heavy atom. The maximum atomic E-state index is 12.7. The Kier molecular flexibility index (Phi) is 3.19. The highest BCUT2D eigenvalue weighted by molar-refractivity contribution is 5.78. The van der Waals surface area contributed by atoms with E-state index in [2.05, 4.69) is 23.0 Å². The predicted octanol–water partition coefficient (Wildman–Crippen LogP) is 3.50. The van der Waals surface area contributed by atoms with Crippen LogP contribution in [0, 0.1) is 0 Å². The van der Waals surface area contributed by atoms with Crippen molar-refractivity contribution in [2.45, 2.75) is 19.8 Å². The maximum absolute atomic E-state index is 12.7. The lowest BCUT2D eigenvalue weighted by Gasteiger charge is -2.11. The second kappa shape index (κ2) is 5.35. The highest BCUT2D eigenvalue weighted by Gasteiger charge is 2.18. The summed E-state index contributed by atoms with van der Waals surface area (Å²) in [5.41, 5.74) is 3.35. The average Bonchev–Trinajstić information content (AvgIpc) is 3.05. The van der Waals surface area contributed by atoms with Crippen LogP contribution < -0.4 is 5.56 Å². The molecule has 0 spiro atoms. The molecule has 4 rings (SSSR count). The first-order valence-corrected chi connectivity index (χ1v) is 7.51. The van der Waals surface area contributed by atoms with E-state index in [1.54, 1.807) is 12.4 Å². The molecule has 1 aliphatic carbocycles. The van der Waals surface area contributed by atoms with Crippen LogP contribution in [0.3, 0.4) is 0 Å². The molecule has 0 aliphatic heterocycles. The normalized spacial score (nSPS) is 14.7. The molecule has 5 heteroatoms. The van der Waals surface area contributed by atoms with Gasteiger partial charge in [0.05, 0.1) is 0 Å². The van der Waals surface area contributed by atoms with Crippen molar-refractivity contribution in [3.05, 3.63) is 70.8 Å². The second-order valence-electron chi connectivity index (χ2n) is 5.64. The third-order valence-electron chi connectivity index (χ3n) is 4.09. The summed E-state index contributed by atoms with van der Waals surface area (Å²) in [6.07, 6.45) is 10.7. The fraction of sp³-hybridized carbons (Fsp3) is 0.167. The molecular weight excluding hydrogens is 290 g/mol. The molecule has 3 aromatic rings. The topological polar surface area (TPSA) is 60.9 Å². The van der Waals surface area contributed by atoms with Crippen molar-refractivity contribution in [3.8, 4) is 5.88 Å². The average molecular weight is 305 g/mol. The summed E-state index contributed by atoms with van der Waals surface area (Å²) < 4.78 is 7.00. The Morgan fingerprint density at radius 1 is 1.17 bits per heavy atom. The molecule has 0 bridgehead atoms. The van der Waals surface area contributed by atoms with Gasteiger partial charge in [-0.3, -0.25) is 14.3 Å². The van der Waals surface area contributed by atoms with E-state index in [1.807, 2.05) is 24.3 Å². The third-order valence-corrected chi connectivity index (χ3v) is 4.09. The van der Waals surface area contributed by atoms with Crippen LogP contribution in [0.15, 0.2) is 63.9 Å². The van der Waals surface area contributed by atoms with Gasteiger partial charge in [-0.2, -0.15) is 0 Å². The van der Waals surface area contributed by atoms with Crippen LogP contribution in [0.5, 0.6) is 0 Å². The fourth-order valence-corrected chi connectivity index (χ4v) is 2.80. The number of rotatable bonds is 2. The van der Waals surface area contributed by atoms with Gasteiger partial charge in [0.15, 0.2) is 6.39 Å². The minimum absolute atomic E-state index is 0.204. The van der Waals surface area contributed by atoms with Gasteiger partial charge < -0.3 is 4.42 Å². The summed E-state index contributed by atoms with van der Waals surface area (Å²) in [6, 6.07) is 5.54. The smallest absolute Gasteiger partial charge is 0.283 e. The molecule has 5 nitrogen and oxygen atoms in total. The summed E-state index contributed by atoms with van der Waals surface area (Å²) in [4.78, 5) is 21.2. The van der Waals surface area contributed by atoms with Crippen LogP contribution in [0.25, 0.3) is 22.4 Å². The Balaban J connectivity index is 1.89. The standard InChI is InChI=1S/C18H15N3O2/c1-12-4-6-14(7-5-12)16-18(23-11-20-16)21-10-8-13-3-2-9-19-15(13)17(21)22/h2-4,6,8-11H,5,7H2,1H3. The molecule has 1 aliphatic rings. The van der Waals surface area contributed by atoms with Crippen LogP contribution in [-0.2, 0) is 0 Å². The summed E-state index contributed by atoms with van der Waals surface area (Å²) in [5, 5.41) is 0.810. The lowest BCUT2D eigenvalue weighted by atomic mass is 9.97. The van der Waals surface area contributed by atoms with Crippen LogP contribution in [0.4, 0.5) is 0 Å². The van der Waals surface area contributed by atoms with E-state index >= 15 is 0 Å². The number of pyridine rings is 2. The van der Waals surface area contributed by atoms with Crippen molar-refractivity contribution in [2.75, 3.05) is 0 Å². The van der Waals surface area contributed by atoms with Crippen molar-refractivity contribution in [1.29, 1.82) is 0 Å². The Morgan fingerprint density at radius 2 is 2.09 bits per heavy atom. The van der Waals surface area contributed by atoms with E-state index in [0.717, 1.165) is 23.8 Å². The molecule has 0 amide bonds. The maximum Gasteiger partial charge on any atom is 0.283 e. The lowest BCUT2D eigenvalue weighted by Crippen LogP contribution is -2.19. The molecule has 0 saturated heterocycles. The van der Waals surface area contributed by atoms with Gasteiger partial charge in [0.25, 0.3) is 5.56 Å². The van der Waals surface area contributed by atoms with Crippen molar-refractivity contribution in [3.63, 3.8) is 0 Å². The van der Waals surface area contributed by atoms with Gasteiger partial charge in [0, 0.05) is 17.8 Å². The number of oxazole rings is 1. The van der Waals surface area contributed by atoms with Crippen LogP contribution in [-0.4, -0.2) is 14.5 Å². The molecule has 0 fully saturated rings. The Labute approximate surface area is 132 Å². The highest BCUT2D eigenvalue weighted by atomic mass is 16.4. The monoisotopic (exact) mass is 305 g/mol. The first kappa shape index (κ1) is 13.7. The number of hydrogen-bond donors (Lipinski definition) is 0. The number of aromatic nitrogens is 3. The van der Waals surface area contributed by atoms with Crippen LogP contribution in [0.2, 0.25) is 0 Å². The van der Waals surface area contributed by atoms with Crippen molar-refractivity contribution in [2.24, 2.45) is 0 Å². The largest absolute Gasteiger partial charge is 0.426 e. The van der Waals surface area contributed by atoms with Crippen LogP contribution >= 0.6 is 0 Å². The first-order valence-electron chi connectivity index (χ1n) is 7.51. The van der Waals surface area contributed by atoms with E-state index in [1.165, 1.54) is 16.5 Å². The summed E-state index contributed by atoms with van der Waals surface area (Å²) >= 11 is 0. The van der Waals surface area contributed by atoms with Gasteiger partial charge in [-0.1, -0.05) is 23.8 Å². The van der Waals surface area contributed by atoms with E-state index < -0.39 is 0 Å². The summed E-state index contributed by atoms with van der Waals surface area (Å²) in [5.74, 6) is 0.446. The molecule has 0 aromatic carbocycles. The van der Waals surface area contributed by atoms with Gasteiger partial charge in [0.1, 0.15) is 11.2 Å². The molecule has 3 heterocycles. The van der Waals surface area contributed by atoms with E-state index in [9.17, 15) is 4.79 Å². The predicted molar refractivity (Wildman–Crippen MR) is 88.4 cm³/mol. The Hall–Kier alpha value is -2.95. The molecule has 0 saturated carbocycles. The van der Waals surface area contributed by atoms with Gasteiger partial charge in [-0.25, -0.2) is 4.98 Å². The Bertz CT molecular complexity index is 1010. The molecular formula is C18H15N3O2. The molecule has 0 unspecified atom stereocenters. The second-order valence-corrected chi connectivity index (χ2v) is 5.64. The quantitative estimate of drug-likeness (QED) is 0.727. The minimum Gasteiger partial charge on any atom is -0.426 e. The number of allylic oxidation sites excluding steroid dienone is 4. The third kappa shape index (κ3) is 2.30. The summed E-state index contributed by atoms with van der Waals surface area (Å²) in [6.45, 7) is 2.11. The molecule has 0 N–H and O–H groups in total. The number of hydrogen-bond acceptors (Lipinski definition) is 4. The zero-order valence-electron chi connectivity index (χ0n) is 12.7. The molecule has 23 heavy (non-hydrogen) atoms. The fourth-order valence-electron chi connectivity index (χ4n) is 2.80. The van der Waals surface area contributed by atoms with Crippen LogP contribution in [0.1, 0.15) is 25.5 Å². The summed E-state index contributed by atoms with van der Waals surface area (Å²) in [7, 11) is 0. The van der Waals surface area contributed by atoms with E-state index in [-0.39, 0.29) is 5.56 Å². The molecule has 3 aromatic heterocycles. The van der Waals surface area contributed by atoms with Gasteiger partial charge in [0.2, 0.25) is 5.88 Å². The zero-order valence-corrected chi connectivity index (χ0v) is 12.7. The molecule has 0 radical (unpaired) electrons. The van der Waals surface area contributed by atoms with Crippen molar-refractivity contribution < 1.29 is 4.42 Å². The zero-order chi connectivity index (χ0) is 15.8. The first-order chi connectivity index (χ1) is 11.2. The van der Waals surface area contributed by atoms with Gasteiger partial charge in [-0.15, -0.1) is 0 Å². The van der Waals surface area contributed by atoms with Crippen molar-refractivity contribution in [1.82, 2.24) is 14.5 Å². The lowest BCUT2D eigenvalue weighted by molar-refractivity contribution is 0.527. The minimum atomic E-state index is -0.204. The molecule has 0 atom stereocenters. The van der Waals surface area contributed by atoms with E-state index in [0.29, 0.717) is 17.1 Å². The highest BCUT2D eigenvalue weighted by Crippen LogP contribution is 2.29. The molecule has 114 valence electrons. The number of fused-ring (bicyclic) bond motifs is 1. The SMILES string of the molecule is CC1=CC=C(c2ncoc2-n2ccc3cccnc3c2=O)CC1.